The molecule has 0 aliphatic rings. The summed E-state index contributed by atoms with van der Waals surface area (Å²) < 4.78 is 1.80. The van der Waals surface area contributed by atoms with Crippen molar-refractivity contribution in [2.45, 2.75) is 39.4 Å². The Labute approximate surface area is 135 Å². The molecule has 124 valence electrons. The summed E-state index contributed by atoms with van der Waals surface area (Å²) in [4.78, 5) is 10.8. The third kappa shape index (κ3) is 4.40. The molecule has 6 nitrogen and oxygen atoms in total. The molecule has 1 aromatic heterocycles. The number of aromatic nitrogens is 2. The third-order valence-corrected chi connectivity index (χ3v) is 3.64. The first-order chi connectivity index (χ1) is 10.9. The Morgan fingerprint density at radius 3 is 2.65 bits per heavy atom. The molecule has 0 aliphatic carbocycles. The van der Waals surface area contributed by atoms with Gasteiger partial charge in [0.15, 0.2) is 0 Å². The molecular weight excluding hydrogens is 294 g/mol. The molecule has 6 heteroatoms. The highest BCUT2D eigenvalue weighted by Gasteiger charge is 2.19. The van der Waals surface area contributed by atoms with Crippen LogP contribution in [0.25, 0.3) is 5.69 Å². The van der Waals surface area contributed by atoms with E-state index in [0.717, 1.165) is 17.1 Å². The van der Waals surface area contributed by atoms with Crippen LogP contribution in [0, 0.1) is 13.8 Å². The second-order valence-corrected chi connectivity index (χ2v) is 5.72. The summed E-state index contributed by atoms with van der Waals surface area (Å²) in [6.45, 7) is 5.63. The fraction of sp³-hybridized carbons (Fsp3) is 0.412. The number of carbonyl (C=O) groups is 1. The lowest BCUT2D eigenvalue weighted by molar-refractivity contribution is -0.119. The van der Waals surface area contributed by atoms with Crippen molar-refractivity contribution in [3.8, 4) is 5.69 Å². The fourth-order valence-electron chi connectivity index (χ4n) is 2.51. The molecule has 0 saturated heterocycles. The van der Waals surface area contributed by atoms with E-state index in [1.54, 1.807) is 10.7 Å². The number of aryl methyl sites for hydroxylation is 2. The van der Waals surface area contributed by atoms with Gasteiger partial charge in [-0.1, -0.05) is 12.1 Å². The Morgan fingerprint density at radius 2 is 2.04 bits per heavy atom. The van der Waals surface area contributed by atoms with E-state index in [2.05, 4.69) is 10.4 Å². The maximum Gasteiger partial charge on any atom is 0.216 e. The van der Waals surface area contributed by atoms with Crippen molar-refractivity contribution in [2.75, 3.05) is 6.54 Å². The molecule has 1 amide bonds. The predicted molar refractivity (Wildman–Crippen MR) is 87.3 cm³/mol. The molecular formula is C17H23N3O3. The minimum Gasteiger partial charge on any atom is -0.390 e. The largest absolute Gasteiger partial charge is 0.390 e. The number of rotatable bonds is 6. The van der Waals surface area contributed by atoms with Crippen molar-refractivity contribution >= 4 is 5.91 Å². The van der Waals surface area contributed by atoms with Crippen LogP contribution in [0.5, 0.6) is 0 Å². The van der Waals surface area contributed by atoms with Gasteiger partial charge in [-0.25, -0.2) is 4.68 Å². The zero-order chi connectivity index (χ0) is 17.0. The van der Waals surface area contributed by atoms with Gasteiger partial charge in [0.05, 0.1) is 17.5 Å². The molecule has 3 N–H and O–H groups in total. The Hall–Kier alpha value is -2.18. The number of aliphatic hydroxyl groups is 2. The quantitative estimate of drug-likeness (QED) is 0.752. The van der Waals surface area contributed by atoms with Crippen molar-refractivity contribution in [1.29, 1.82) is 0 Å². The number of aliphatic hydroxyl groups excluding tert-OH is 2. The average molecular weight is 317 g/mol. The summed E-state index contributed by atoms with van der Waals surface area (Å²) in [5.41, 5.74) is 3.37. The molecule has 0 spiro atoms. The molecule has 0 radical (unpaired) electrons. The Kier molecular flexibility index (Phi) is 5.52. The van der Waals surface area contributed by atoms with E-state index in [-0.39, 0.29) is 12.3 Å². The zero-order valence-corrected chi connectivity index (χ0v) is 13.7. The van der Waals surface area contributed by atoms with Gasteiger partial charge in [0.25, 0.3) is 0 Å². The topological polar surface area (TPSA) is 87.4 Å². The molecule has 1 heterocycles. The summed E-state index contributed by atoms with van der Waals surface area (Å²) in [6, 6.07) is 9.28. The Bertz CT molecular complexity index is 681. The normalized spacial score (nSPS) is 13.6. The molecule has 2 atom stereocenters. The van der Waals surface area contributed by atoms with Gasteiger partial charge in [0.2, 0.25) is 5.91 Å². The Balaban J connectivity index is 2.12. The monoisotopic (exact) mass is 317 g/mol. The van der Waals surface area contributed by atoms with E-state index in [1.165, 1.54) is 6.92 Å². The Morgan fingerprint density at radius 1 is 1.30 bits per heavy atom. The van der Waals surface area contributed by atoms with E-state index in [0.29, 0.717) is 12.1 Å². The zero-order valence-electron chi connectivity index (χ0n) is 13.7. The summed E-state index contributed by atoms with van der Waals surface area (Å²) in [6.07, 6.45) is -1.68. The van der Waals surface area contributed by atoms with Gasteiger partial charge in [0, 0.05) is 19.2 Å². The average Bonchev–Trinajstić information content (AvgIpc) is 2.85. The summed E-state index contributed by atoms with van der Waals surface area (Å²) >= 11 is 0. The van der Waals surface area contributed by atoms with Crippen molar-refractivity contribution < 1.29 is 15.0 Å². The highest BCUT2D eigenvalue weighted by molar-refractivity contribution is 5.72. The van der Waals surface area contributed by atoms with Crippen molar-refractivity contribution in [2.24, 2.45) is 0 Å². The van der Waals surface area contributed by atoms with E-state index < -0.39 is 12.2 Å². The first-order valence-electron chi connectivity index (χ1n) is 7.62. The standard InChI is InChI=1S/C17H23N3O3/c1-11-9-12(2)20(19-11)15-6-4-5-14(10-15)17(23)16(22)7-8-18-13(3)21/h4-6,9-10,16-17,22-23H,7-8H2,1-3H3,(H,18,21). The first-order valence-corrected chi connectivity index (χ1v) is 7.62. The van der Waals surface area contributed by atoms with Gasteiger partial charge < -0.3 is 15.5 Å². The van der Waals surface area contributed by atoms with Crippen LogP contribution in [0.3, 0.4) is 0 Å². The maximum absolute atomic E-state index is 10.8. The third-order valence-electron chi connectivity index (χ3n) is 3.64. The number of hydrogen-bond donors (Lipinski definition) is 3. The lowest BCUT2D eigenvalue weighted by atomic mass is 10.0. The van der Waals surface area contributed by atoms with Gasteiger partial charge in [-0.2, -0.15) is 5.10 Å². The second-order valence-electron chi connectivity index (χ2n) is 5.72. The molecule has 1 aromatic carbocycles. The summed E-state index contributed by atoms with van der Waals surface area (Å²) in [7, 11) is 0. The number of benzene rings is 1. The number of nitrogens with one attached hydrogen (secondary N) is 1. The molecule has 0 saturated carbocycles. The first kappa shape index (κ1) is 17.2. The minimum atomic E-state index is -1.01. The molecule has 0 fully saturated rings. The highest BCUT2D eigenvalue weighted by Crippen LogP contribution is 2.22. The summed E-state index contributed by atoms with van der Waals surface area (Å²) in [5, 5.41) is 27.4. The smallest absolute Gasteiger partial charge is 0.216 e. The van der Waals surface area contributed by atoms with Crippen LogP contribution in [0.1, 0.15) is 36.4 Å². The molecule has 2 rings (SSSR count). The number of nitrogens with zero attached hydrogens (tertiary/aromatic N) is 2. The van der Waals surface area contributed by atoms with E-state index in [9.17, 15) is 15.0 Å². The summed E-state index contributed by atoms with van der Waals surface area (Å²) in [5.74, 6) is -0.154. The van der Waals surface area contributed by atoms with Crippen molar-refractivity contribution in [3.05, 3.63) is 47.3 Å². The number of carbonyl (C=O) groups excluding carboxylic acids is 1. The van der Waals surface area contributed by atoms with Crippen molar-refractivity contribution in [3.63, 3.8) is 0 Å². The van der Waals surface area contributed by atoms with Crippen LogP contribution < -0.4 is 5.32 Å². The van der Waals surface area contributed by atoms with E-state index >= 15 is 0 Å². The molecule has 2 aromatic rings. The van der Waals surface area contributed by atoms with Crippen LogP contribution in [0.2, 0.25) is 0 Å². The minimum absolute atomic E-state index is 0.154. The van der Waals surface area contributed by atoms with E-state index in [4.69, 9.17) is 0 Å². The second kappa shape index (κ2) is 7.39. The lowest BCUT2D eigenvalue weighted by Gasteiger charge is -2.19. The lowest BCUT2D eigenvalue weighted by Crippen LogP contribution is -2.27. The number of amides is 1. The number of hydrogen-bond acceptors (Lipinski definition) is 4. The fourth-order valence-corrected chi connectivity index (χ4v) is 2.51. The molecule has 23 heavy (non-hydrogen) atoms. The maximum atomic E-state index is 10.8. The van der Waals surface area contributed by atoms with Crippen molar-refractivity contribution in [1.82, 2.24) is 15.1 Å². The van der Waals surface area contributed by atoms with Gasteiger partial charge in [-0.3, -0.25) is 4.79 Å². The molecule has 0 aliphatic heterocycles. The van der Waals surface area contributed by atoms with Gasteiger partial charge in [-0.05, 0) is 44.0 Å². The SMILES string of the molecule is CC(=O)NCCC(O)C(O)c1cccc(-n2nc(C)cc2C)c1. The van der Waals surface area contributed by atoms with Crippen LogP contribution in [-0.4, -0.2) is 38.5 Å². The van der Waals surface area contributed by atoms with Gasteiger partial charge >= 0.3 is 0 Å². The van der Waals surface area contributed by atoms with Crippen LogP contribution >= 0.6 is 0 Å². The predicted octanol–water partition coefficient (Wildman–Crippen LogP) is 1.41. The van der Waals surface area contributed by atoms with Crippen LogP contribution in [0.4, 0.5) is 0 Å². The van der Waals surface area contributed by atoms with E-state index in [1.807, 2.05) is 38.1 Å². The van der Waals surface area contributed by atoms with Crippen LogP contribution in [0.15, 0.2) is 30.3 Å². The molecule has 0 bridgehead atoms. The van der Waals surface area contributed by atoms with Crippen LogP contribution in [-0.2, 0) is 4.79 Å². The van der Waals surface area contributed by atoms with Gasteiger partial charge in [-0.15, -0.1) is 0 Å². The highest BCUT2D eigenvalue weighted by atomic mass is 16.3. The van der Waals surface area contributed by atoms with Gasteiger partial charge in [0.1, 0.15) is 6.10 Å². The molecule has 2 unspecified atom stereocenters.